The molecule has 146 valence electrons. The zero-order valence-corrected chi connectivity index (χ0v) is 16.1. The van der Waals surface area contributed by atoms with Crippen LogP contribution in [0.3, 0.4) is 0 Å². The van der Waals surface area contributed by atoms with E-state index in [9.17, 15) is 23.3 Å². The molecule has 2 aromatic carbocycles. The van der Waals surface area contributed by atoms with E-state index in [1.165, 1.54) is 10.9 Å². The van der Waals surface area contributed by atoms with Crippen LogP contribution < -0.4 is 4.72 Å². The van der Waals surface area contributed by atoms with Gasteiger partial charge in [0.1, 0.15) is 6.33 Å². The van der Waals surface area contributed by atoms with E-state index in [2.05, 4.69) is 9.71 Å². The van der Waals surface area contributed by atoms with Crippen molar-refractivity contribution in [1.82, 2.24) is 14.3 Å². The highest BCUT2D eigenvalue weighted by molar-refractivity contribution is 7.89. The van der Waals surface area contributed by atoms with Gasteiger partial charge in [-0.05, 0) is 49.2 Å². The maximum atomic E-state index is 12.5. The number of hydrogen-bond donors (Lipinski definition) is 1. The van der Waals surface area contributed by atoms with E-state index in [-0.39, 0.29) is 29.5 Å². The number of nitrogens with zero attached hydrogens (tertiary/aromatic N) is 3. The minimum atomic E-state index is -3.87. The SMILES string of the molecule is Cc1cc2ncn(C(=O)CCNS(=O)(=O)c3ccc([N+](=O)[O-])cc3)c2cc1C. The maximum Gasteiger partial charge on any atom is 0.269 e. The first-order valence-corrected chi connectivity index (χ1v) is 9.89. The lowest BCUT2D eigenvalue weighted by Crippen LogP contribution is -2.27. The van der Waals surface area contributed by atoms with E-state index < -0.39 is 14.9 Å². The number of nitrogens with one attached hydrogen (secondary N) is 1. The minimum Gasteiger partial charge on any atom is -0.274 e. The third-order valence-corrected chi connectivity index (χ3v) is 5.90. The Morgan fingerprint density at radius 3 is 2.46 bits per heavy atom. The van der Waals surface area contributed by atoms with Crippen molar-refractivity contribution in [1.29, 1.82) is 0 Å². The highest BCUT2D eigenvalue weighted by atomic mass is 32.2. The van der Waals surface area contributed by atoms with Crippen molar-refractivity contribution in [2.45, 2.75) is 25.2 Å². The number of hydrogen-bond acceptors (Lipinski definition) is 6. The van der Waals surface area contributed by atoms with Crippen LogP contribution in [0.4, 0.5) is 5.69 Å². The third kappa shape index (κ3) is 3.92. The topological polar surface area (TPSA) is 124 Å². The van der Waals surface area contributed by atoms with Gasteiger partial charge in [-0.3, -0.25) is 19.5 Å². The van der Waals surface area contributed by atoms with Crippen LogP contribution in [0.25, 0.3) is 11.0 Å². The summed E-state index contributed by atoms with van der Waals surface area (Å²) in [6, 6.07) is 8.29. The first kappa shape index (κ1) is 19.6. The molecule has 1 aromatic heterocycles. The summed E-state index contributed by atoms with van der Waals surface area (Å²) in [4.78, 5) is 26.6. The smallest absolute Gasteiger partial charge is 0.269 e. The Hall–Kier alpha value is -3.11. The van der Waals surface area contributed by atoms with Crippen LogP contribution in [-0.4, -0.2) is 35.3 Å². The molecule has 0 saturated carbocycles. The molecular weight excluding hydrogens is 384 g/mol. The highest BCUT2D eigenvalue weighted by Gasteiger charge is 2.17. The van der Waals surface area contributed by atoms with Crippen molar-refractivity contribution >= 4 is 32.7 Å². The summed E-state index contributed by atoms with van der Waals surface area (Å²) in [7, 11) is -3.87. The number of benzene rings is 2. The molecule has 0 radical (unpaired) electrons. The van der Waals surface area contributed by atoms with Gasteiger partial charge in [0.25, 0.3) is 5.69 Å². The molecule has 0 aliphatic carbocycles. The Morgan fingerprint density at radius 1 is 1.18 bits per heavy atom. The largest absolute Gasteiger partial charge is 0.274 e. The zero-order chi connectivity index (χ0) is 20.5. The molecule has 0 saturated heterocycles. The van der Waals surface area contributed by atoms with Crippen LogP contribution in [0.5, 0.6) is 0 Å². The molecule has 0 spiro atoms. The van der Waals surface area contributed by atoms with Crippen LogP contribution in [-0.2, 0) is 10.0 Å². The lowest BCUT2D eigenvalue weighted by atomic mass is 10.1. The molecule has 0 fully saturated rings. The van der Waals surface area contributed by atoms with Crippen LogP contribution >= 0.6 is 0 Å². The molecular formula is C18H18N4O5S. The molecule has 0 aliphatic rings. The Balaban J connectivity index is 1.68. The molecule has 0 aliphatic heterocycles. The van der Waals surface area contributed by atoms with Gasteiger partial charge < -0.3 is 0 Å². The second kappa shape index (κ2) is 7.49. The molecule has 1 N–H and O–H groups in total. The normalized spacial score (nSPS) is 11.6. The molecule has 0 unspecified atom stereocenters. The third-order valence-electron chi connectivity index (χ3n) is 4.42. The summed E-state index contributed by atoms with van der Waals surface area (Å²) in [6.45, 7) is 3.79. The number of fused-ring (bicyclic) bond motifs is 1. The quantitative estimate of drug-likeness (QED) is 0.499. The Morgan fingerprint density at radius 2 is 1.82 bits per heavy atom. The van der Waals surface area contributed by atoms with Gasteiger partial charge >= 0.3 is 0 Å². The van der Waals surface area contributed by atoms with Crippen LogP contribution in [0.15, 0.2) is 47.6 Å². The average molecular weight is 402 g/mol. The maximum absolute atomic E-state index is 12.5. The number of carbonyl (C=O) groups excluding carboxylic acids is 1. The van der Waals surface area contributed by atoms with Gasteiger partial charge in [-0.15, -0.1) is 0 Å². The van der Waals surface area contributed by atoms with Crippen molar-refractivity contribution in [3.8, 4) is 0 Å². The first-order valence-electron chi connectivity index (χ1n) is 8.40. The fourth-order valence-corrected chi connectivity index (χ4v) is 3.74. The Kier molecular flexibility index (Phi) is 5.25. The number of sulfonamides is 1. The molecule has 0 bridgehead atoms. The molecule has 1 heterocycles. The first-order chi connectivity index (χ1) is 13.2. The predicted octanol–water partition coefficient (Wildman–Crippen LogP) is 2.57. The molecule has 10 heteroatoms. The van der Waals surface area contributed by atoms with Gasteiger partial charge in [0.2, 0.25) is 15.9 Å². The number of rotatable bonds is 6. The van der Waals surface area contributed by atoms with Crippen molar-refractivity contribution in [3.63, 3.8) is 0 Å². The van der Waals surface area contributed by atoms with Crippen LogP contribution in [0, 0.1) is 24.0 Å². The summed E-state index contributed by atoms with van der Waals surface area (Å²) in [5, 5.41) is 10.6. The van der Waals surface area contributed by atoms with E-state index in [1.54, 1.807) is 0 Å². The van der Waals surface area contributed by atoms with Gasteiger partial charge in [-0.1, -0.05) is 0 Å². The van der Waals surface area contributed by atoms with Crippen molar-refractivity contribution in [2.24, 2.45) is 0 Å². The molecule has 0 atom stereocenters. The summed E-state index contributed by atoms with van der Waals surface area (Å²) >= 11 is 0. The Bertz CT molecular complexity index is 1170. The van der Waals surface area contributed by atoms with Gasteiger partial charge in [0.05, 0.1) is 20.9 Å². The standard InChI is InChI=1S/C18H18N4O5S/c1-12-9-16-17(10-13(12)2)21(11-19-16)18(23)7-8-20-28(26,27)15-5-3-14(4-6-15)22(24)25/h3-6,9-11,20H,7-8H2,1-2H3. The van der Waals surface area contributed by atoms with E-state index in [0.29, 0.717) is 11.0 Å². The number of nitro groups is 1. The molecule has 28 heavy (non-hydrogen) atoms. The number of nitro benzene ring substituents is 1. The number of imidazole rings is 1. The Labute approximate surface area is 161 Å². The van der Waals surface area contributed by atoms with Crippen molar-refractivity contribution in [3.05, 3.63) is 64.0 Å². The van der Waals surface area contributed by atoms with Gasteiger partial charge in [-0.2, -0.15) is 0 Å². The number of non-ortho nitro benzene ring substituents is 1. The van der Waals surface area contributed by atoms with Gasteiger partial charge in [0, 0.05) is 25.1 Å². The second-order valence-corrected chi connectivity index (χ2v) is 8.10. The molecule has 9 nitrogen and oxygen atoms in total. The molecule has 3 aromatic rings. The average Bonchev–Trinajstić information content (AvgIpc) is 3.04. The van der Waals surface area contributed by atoms with E-state index in [4.69, 9.17) is 0 Å². The summed E-state index contributed by atoms with van der Waals surface area (Å²) in [6.07, 6.45) is 1.36. The monoisotopic (exact) mass is 402 g/mol. The van der Waals surface area contributed by atoms with Crippen molar-refractivity contribution < 1.29 is 18.1 Å². The number of aryl methyl sites for hydroxylation is 2. The van der Waals surface area contributed by atoms with Crippen LogP contribution in [0.2, 0.25) is 0 Å². The fourth-order valence-electron chi connectivity index (χ4n) is 2.71. The van der Waals surface area contributed by atoms with Gasteiger partial charge in [-0.25, -0.2) is 18.1 Å². The van der Waals surface area contributed by atoms with Gasteiger partial charge in [0.15, 0.2) is 0 Å². The second-order valence-electron chi connectivity index (χ2n) is 6.33. The lowest BCUT2D eigenvalue weighted by molar-refractivity contribution is -0.384. The zero-order valence-electron chi connectivity index (χ0n) is 15.2. The molecule has 0 amide bonds. The van der Waals surface area contributed by atoms with E-state index >= 15 is 0 Å². The van der Waals surface area contributed by atoms with Crippen molar-refractivity contribution in [2.75, 3.05) is 6.54 Å². The minimum absolute atomic E-state index is 0.0649. The summed E-state index contributed by atoms with van der Waals surface area (Å²) in [5.74, 6) is -0.294. The number of aromatic nitrogens is 2. The summed E-state index contributed by atoms with van der Waals surface area (Å²) in [5.41, 5.74) is 3.27. The van der Waals surface area contributed by atoms with E-state index in [0.717, 1.165) is 35.4 Å². The fraction of sp³-hybridized carbons (Fsp3) is 0.222. The number of carbonyl (C=O) groups is 1. The predicted molar refractivity (Wildman–Crippen MR) is 103 cm³/mol. The van der Waals surface area contributed by atoms with Crippen LogP contribution in [0.1, 0.15) is 22.3 Å². The van der Waals surface area contributed by atoms with E-state index in [1.807, 2.05) is 26.0 Å². The molecule has 3 rings (SSSR count). The highest BCUT2D eigenvalue weighted by Crippen LogP contribution is 2.19. The lowest BCUT2D eigenvalue weighted by Gasteiger charge is -2.08. The summed E-state index contributed by atoms with van der Waals surface area (Å²) < 4.78 is 28.3.